The fraction of sp³-hybridized carbons (Fsp3) is 0.947. The van der Waals surface area contributed by atoms with Crippen molar-refractivity contribution in [2.45, 2.75) is 108 Å². The number of rotatable bonds is 17. The summed E-state index contributed by atoms with van der Waals surface area (Å²) in [5.41, 5.74) is 5.38. The van der Waals surface area contributed by atoms with Crippen LogP contribution in [-0.4, -0.2) is 30.0 Å². The second kappa shape index (κ2) is 17.1. The molecule has 1 unspecified atom stereocenters. The molecule has 7 heteroatoms. The summed E-state index contributed by atoms with van der Waals surface area (Å²) in [6, 6.07) is 0. The molecular formula is C19H40KNO4S. The zero-order valence-corrected chi connectivity index (χ0v) is 21.2. The molecule has 0 heterocycles. The van der Waals surface area contributed by atoms with Crippen LogP contribution in [0.15, 0.2) is 0 Å². The maximum atomic E-state index is 12.0. The molecule has 26 heavy (non-hydrogen) atoms. The van der Waals surface area contributed by atoms with E-state index in [0.29, 0.717) is 6.42 Å². The molecule has 152 valence electrons. The van der Waals surface area contributed by atoms with Gasteiger partial charge in [-0.1, -0.05) is 84.0 Å². The van der Waals surface area contributed by atoms with Crippen LogP contribution in [0.25, 0.3) is 0 Å². The summed E-state index contributed by atoms with van der Waals surface area (Å²) in [6.45, 7) is 3.05. The molecule has 0 amide bonds. The number of hydrogen-bond donors (Lipinski definition) is 2. The van der Waals surface area contributed by atoms with Gasteiger partial charge in [-0.05, 0) is 13.3 Å². The Morgan fingerprint density at radius 3 is 1.54 bits per heavy atom. The van der Waals surface area contributed by atoms with E-state index in [4.69, 9.17) is 5.73 Å². The van der Waals surface area contributed by atoms with Gasteiger partial charge in [0.15, 0.2) is 10.5 Å². The van der Waals surface area contributed by atoms with Crippen LogP contribution in [0.5, 0.6) is 0 Å². The number of nitrogens with two attached hydrogens (primary N) is 1. The van der Waals surface area contributed by atoms with Gasteiger partial charge in [0.05, 0.1) is 0 Å². The van der Waals surface area contributed by atoms with Gasteiger partial charge in [0.1, 0.15) is 0 Å². The maximum Gasteiger partial charge on any atom is 1.00 e. The van der Waals surface area contributed by atoms with Crippen LogP contribution in [0.4, 0.5) is 0 Å². The molecule has 5 nitrogen and oxygen atoms in total. The number of hydrogen-bond acceptors (Lipinski definition) is 4. The van der Waals surface area contributed by atoms with Crippen molar-refractivity contribution in [2.24, 2.45) is 5.73 Å². The molecule has 0 aromatic heterocycles. The Kier molecular flexibility index (Phi) is 19.3. The van der Waals surface area contributed by atoms with Crippen molar-refractivity contribution in [3.05, 3.63) is 0 Å². The molecule has 0 fully saturated rings. The van der Waals surface area contributed by atoms with Gasteiger partial charge in [0.25, 0.3) is 10.1 Å². The van der Waals surface area contributed by atoms with Crippen LogP contribution in [-0.2, 0) is 14.9 Å². The number of carbonyl (C=O) groups excluding carboxylic acids is 1. The van der Waals surface area contributed by atoms with Crippen molar-refractivity contribution >= 4 is 15.9 Å². The predicted molar refractivity (Wildman–Crippen MR) is 105 cm³/mol. The quantitative estimate of drug-likeness (QED) is 0.213. The van der Waals surface area contributed by atoms with Crippen molar-refractivity contribution in [1.29, 1.82) is 0 Å². The van der Waals surface area contributed by atoms with Crippen LogP contribution in [0.3, 0.4) is 0 Å². The Bertz CT molecular complexity index is 463. The van der Waals surface area contributed by atoms with Gasteiger partial charge in [0.2, 0.25) is 0 Å². The first-order valence-electron chi connectivity index (χ1n) is 10.00. The first-order chi connectivity index (χ1) is 11.8. The zero-order valence-electron chi connectivity index (χ0n) is 18.3. The van der Waals surface area contributed by atoms with Gasteiger partial charge in [-0.25, -0.2) is 0 Å². The number of Topliss-reactive ketones (excluding diaryl/α,β-unsaturated/α-hetero) is 1. The van der Waals surface area contributed by atoms with Crippen LogP contribution >= 0.6 is 0 Å². The third-order valence-electron chi connectivity index (χ3n) is 5.06. The summed E-state index contributed by atoms with van der Waals surface area (Å²) in [5, 5.41) is 0. The minimum Gasteiger partial charge on any atom is -1.00 e. The molecule has 0 aliphatic carbocycles. The van der Waals surface area contributed by atoms with E-state index >= 15 is 0 Å². The van der Waals surface area contributed by atoms with Crippen molar-refractivity contribution < 1.29 is 70.6 Å². The summed E-state index contributed by atoms with van der Waals surface area (Å²) in [6.07, 6.45) is 15.9. The second-order valence-electron chi connectivity index (χ2n) is 7.33. The molecule has 0 rings (SSSR count). The number of carbonyl (C=O) groups is 1. The number of ketones is 1. The first kappa shape index (κ1) is 29.4. The molecule has 0 aromatic rings. The van der Waals surface area contributed by atoms with Crippen LogP contribution in [0, 0.1) is 0 Å². The Hall–Kier alpha value is 1.18. The molecule has 0 bridgehead atoms. The minimum absolute atomic E-state index is 0. The van der Waals surface area contributed by atoms with Gasteiger partial charge < -0.3 is 7.16 Å². The van der Waals surface area contributed by atoms with E-state index < -0.39 is 20.6 Å². The molecule has 0 aromatic carbocycles. The van der Waals surface area contributed by atoms with E-state index in [2.05, 4.69) is 6.92 Å². The molecule has 0 radical (unpaired) electrons. The van der Waals surface area contributed by atoms with E-state index in [1.807, 2.05) is 0 Å². The largest absolute Gasteiger partial charge is 1.00 e. The molecule has 0 saturated carbocycles. The fourth-order valence-electron chi connectivity index (χ4n) is 2.93. The predicted octanol–water partition coefficient (Wildman–Crippen LogP) is 1.76. The molecule has 0 aliphatic rings. The minimum atomic E-state index is -4.46. The van der Waals surface area contributed by atoms with Gasteiger partial charge >= 0.3 is 51.4 Å². The Morgan fingerprint density at radius 2 is 1.23 bits per heavy atom. The average molecular weight is 418 g/mol. The standard InChI is InChI=1S/C19H39NO4S.K.H/c1-3-4-5-6-7-8-9-10-11-12-13-14-15-16-18(21)19(2,17-20)25(22,23)24;;/h3-17,20H2,1-2H3,(H,22,23,24);;/q;+1;-1. The van der Waals surface area contributed by atoms with E-state index in [1.165, 1.54) is 64.7 Å². The van der Waals surface area contributed by atoms with Gasteiger partial charge in [-0.15, -0.1) is 0 Å². The van der Waals surface area contributed by atoms with Crippen LogP contribution < -0.4 is 57.1 Å². The van der Waals surface area contributed by atoms with E-state index in [9.17, 15) is 17.8 Å². The normalized spacial score (nSPS) is 13.8. The second-order valence-corrected chi connectivity index (χ2v) is 9.18. The van der Waals surface area contributed by atoms with Crippen molar-refractivity contribution in [3.63, 3.8) is 0 Å². The molecule has 0 saturated heterocycles. The topological polar surface area (TPSA) is 97.5 Å². The summed E-state index contributed by atoms with van der Waals surface area (Å²) >= 11 is 0. The van der Waals surface area contributed by atoms with Crippen LogP contribution in [0.1, 0.15) is 105 Å². The summed E-state index contributed by atoms with van der Waals surface area (Å²) in [5.74, 6) is -0.486. The first-order valence-corrected chi connectivity index (χ1v) is 11.4. The SMILES string of the molecule is CCCCCCCCCCCCCCCC(=O)C(C)(CN)S(=O)(=O)O.[H-].[K+]. The molecule has 0 spiro atoms. The Labute approximate surface area is 205 Å². The molecular weight excluding hydrogens is 377 g/mol. The monoisotopic (exact) mass is 417 g/mol. The average Bonchev–Trinajstić information content (AvgIpc) is 2.56. The summed E-state index contributed by atoms with van der Waals surface area (Å²) < 4.78 is 30.0. The van der Waals surface area contributed by atoms with Gasteiger partial charge in [0, 0.05) is 13.0 Å². The van der Waals surface area contributed by atoms with E-state index in [0.717, 1.165) is 19.3 Å². The smallest absolute Gasteiger partial charge is 1.00 e. The third kappa shape index (κ3) is 12.6. The molecule has 0 aliphatic heterocycles. The van der Waals surface area contributed by atoms with Crippen molar-refractivity contribution in [1.82, 2.24) is 0 Å². The summed E-state index contributed by atoms with van der Waals surface area (Å²) in [7, 11) is -4.46. The molecule has 1 atom stereocenters. The Balaban J connectivity index is -0.00000288. The number of unbranched alkanes of at least 4 members (excludes halogenated alkanes) is 12. The van der Waals surface area contributed by atoms with Crippen molar-refractivity contribution in [2.75, 3.05) is 6.54 Å². The fourth-order valence-corrected chi connectivity index (χ4v) is 3.53. The van der Waals surface area contributed by atoms with E-state index in [-0.39, 0.29) is 65.8 Å². The maximum absolute atomic E-state index is 12.0. The van der Waals surface area contributed by atoms with E-state index in [1.54, 1.807) is 0 Å². The Morgan fingerprint density at radius 1 is 0.885 bits per heavy atom. The van der Waals surface area contributed by atoms with Crippen molar-refractivity contribution in [3.8, 4) is 0 Å². The zero-order chi connectivity index (χ0) is 19.2. The van der Waals surface area contributed by atoms with Gasteiger partial charge in [-0.2, -0.15) is 8.42 Å². The molecule has 3 N–H and O–H groups in total. The van der Waals surface area contributed by atoms with Gasteiger partial charge in [-0.3, -0.25) is 9.35 Å². The van der Waals surface area contributed by atoms with Crippen LogP contribution in [0.2, 0.25) is 0 Å². The summed E-state index contributed by atoms with van der Waals surface area (Å²) in [4.78, 5) is 12.0. The third-order valence-corrected chi connectivity index (χ3v) is 6.59.